The molecule has 0 radical (unpaired) electrons. The standard InChI is InChI=1S/C25H25N3O3S/c1-15-22(16(2)29)23(18-8-12-20(31-5)13-9-18)28-24(30)21(32-25(28)26-15)14-17-6-10-19(11-7-17)27(3)4/h6-14,23H,1-5H3/t23-/m0/s1. The first-order valence-electron chi connectivity index (χ1n) is 10.2. The highest BCUT2D eigenvalue weighted by molar-refractivity contribution is 7.07. The van der Waals surface area contributed by atoms with Crippen LogP contribution in [0.2, 0.25) is 0 Å². The highest BCUT2D eigenvalue weighted by Crippen LogP contribution is 2.31. The number of benzene rings is 2. The molecule has 0 saturated carbocycles. The number of hydrogen-bond donors (Lipinski definition) is 0. The van der Waals surface area contributed by atoms with Crippen LogP contribution in [0.3, 0.4) is 0 Å². The van der Waals surface area contributed by atoms with E-state index >= 15 is 0 Å². The van der Waals surface area contributed by atoms with E-state index < -0.39 is 6.04 Å². The van der Waals surface area contributed by atoms with E-state index in [-0.39, 0.29) is 11.3 Å². The molecule has 1 atom stereocenters. The summed E-state index contributed by atoms with van der Waals surface area (Å²) in [5.41, 5.74) is 3.88. The molecule has 0 bridgehead atoms. The number of thiazole rings is 1. The van der Waals surface area contributed by atoms with Crippen molar-refractivity contribution in [1.82, 2.24) is 4.57 Å². The van der Waals surface area contributed by atoms with E-state index in [1.807, 2.05) is 80.5 Å². The number of allylic oxidation sites excluding steroid dienone is 2. The highest BCUT2D eigenvalue weighted by atomic mass is 32.1. The van der Waals surface area contributed by atoms with Gasteiger partial charge in [-0.05, 0) is 55.3 Å². The van der Waals surface area contributed by atoms with Crippen molar-refractivity contribution in [3.63, 3.8) is 0 Å². The summed E-state index contributed by atoms with van der Waals surface area (Å²) >= 11 is 1.34. The summed E-state index contributed by atoms with van der Waals surface area (Å²) in [4.78, 5) is 33.3. The number of carbonyl (C=O) groups is 1. The molecule has 0 spiro atoms. The van der Waals surface area contributed by atoms with Crippen LogP contribution in [-0.4, -0.2) is 31.6 Å². The number of aromatic nitrogens is 1. The average Bonchev–Trinajstić information content (AvgIpc) is 3.07. The second-order valence-electron chi connectivity index (χ2n) is 7.90. The molecule has 4 rings (SSSR count). The van der Waals surface area contributed by atoms with E-state index in [9.17, 15) is 9.59 Å². The summed E-state index contributed by atoms with van der Waals surface area (Å²) in [6.07, 6.45) is 1.88. The van der Waals surface area contributed by atoms with Gasteiger partial charge in [-0.15, -0.1) is 0 Å². The Labute approximate surface area is 190 Å². The van der Waals surface area contributed by atoms with Crippen molar-refractivity contribution in [2.24, 2.45) is 4.99 Å². The molecule has 164 valence electrons. The topological polar surface area (TPSA) is 63.9 Å². The SMILES string of the molecule is COc1ccc([C@H]2C(C(C)=O)=C(C)N=c3sc(=Cc4ccc(N(C)C)cc4)c(=O)n32)cc1. The monoisotopic (exact) mass is 447 g/mol. The van der Waals surface area contributed by atoms with Gasteiger partial charge in [-0.1, -0.05) is 35.6 Å². The van der Waals surface area contributed by atoms with Gasteiger partial charge in [-0.2, -0.15) is 0 Å². The third-order valence-electron chi connectivity index (χ3n) is 5.54. The second-order valence-corrected chi connectivity index (χ2v) is 8.91. The van der Waals surface area contributed by atoms with Crippen molar-refractivity contribution in [2.45, 2.75) is 19.9 Å². The molecule has 32 heavy (non-hydrogen) atoms. The molecular weight excluding hydrogens is 422 g/mol. The van der Waals surface area contributed by atoms with Crippen molar-refractivity contribution in [1.29, 1.82) is 0 Å². The van der Waals surface area contributed by atoms with E-state index in [4.69, 9.17) is 4.74 Å². The Hall–Kier alpha value is -3.45. The molecule has 0 N–H and O–H groups in total. The van der Waals surface area contributed by atoms with E-state index in [1.165, 1.54) is 18.3 Å². The minimum Gasteiger partial charge on any atom is -0.497 e. The van der Waals surface area contributed by atoms with Crippen molar-refractivity contribution >= 4 is 28.9 Å². The highest BCUT2D eigenvalue weighted by Gasteiger charge is 2.30. The first-order chi connectivity index (χ1) is 15.3. The van der Waals surface area contributed by atoms with E-state index in [0.717, 1.165) is 16.8 Å². The molecular formula is C25H25N3O3S. The molecule has 0 amide bonds. The molecule has 1 aromatic heterocycles. The van der Waals surface area contributed by atoms with E-state index in [1.54, 1.807) is 11.7 Å². The molecule has 3 aromatic rings. The van der Waals surface area contributed by atoms with Crippen LogP contribution in [0.25, 0.3) is 6.08 Å². The quantitative estimate of drug-likeness (QED) is 0.603. The van der Waals surface area contributed by atoms with Crippen LogP contribution in [0.4, 0.5) is 5.69 Å². The Kier molecular flexibility index (Phi) is 5.84. The van der Waals surface area contributed by atoms with Crippen molar-refractivity contribution in [2.75, 3.05) is 26.1 Å². The zero-order valence-corrected chi connectivity index (χ0v) is 19.6. The third kappa shape index (κ3) is 3.91. The molecule has 1 aliphatic rings. The molecule has 0 fully saturated rings. The first-order valence-corrected chi connectivity index (χ1v) is 11.1. The van der Waals surface area contributed by atoms with E-state index in [2.05, 4.69) is 4.99 Å². The van der Waals surface area contributed by atoms with Crippen molar-refractivity contribution in [3.05, 3.63) is 90.6 Å². The Bertz CT molecular complexity index is 1380. The van der Waals surface area contributed by atoms with Gasteiger partial charge in [-0.3, -0.25) is 14.2 Å². The second kappa shape index (κ2) is 8.59. The van der Waals surface area contributed by atoms with Crippen LogP contribution < -0.4 is 24.5 Å². The summed E-state index contributed by atoms with van der Waals surface area (Å²) in [5, 5.41) is 0. The van der Waals surface area contributed by atoms with Crippen LogP contribution in [0, 0.1) is 0 Å². The van der Waals surface area contributed by atoms with Crippen LogP contribution >= 0.6 is 11.3 Å². The number of anilines is 1. The van der Waals surface area contributed by atoms with Gasteiger partial charge in [-0.25, -0.2) is 4.99 Å². The summed E-state index contributed by atoms with van der Waals surface area (Å²) in [6.45, 7) is 3.34. The predicted octanol–water partition coefficient (Wildman–Crippen LogP) is 2.90. The minimum atomic E-state index is -0.520. The fraction of sp³-hybridized carbons (Fsp3) is 0.240. The van der Waals surface area contributed by atoms with Crippen LogP contribution in [0.5, 0.6) is 5.75 Å². The van der Waals surface area contributed by atoms with Gasteiger partial charge in [0.1, 0.15) is 5.75 Å². The number of methoxy groups -OCH3 is 1. The smallest absolute Gasteiger partial charge is 0.271 e. The summed E-state index contributed by atoms with van der Waals surface area (Å²) in [5.74, 6) is 0.619. The maximum absolute atomic E-state index is 13.5. The van der Waals surface area contributed by atoms with Gasteiger partial charge >= 0.3 is 0 Å². The minimum absolute atomic E-state index is 0.0966. The maximum atomic E-state index is 13.5. The zero-order valence-electron chi connectivity index (χ0n) is 18.7. The van der Waals surface area contributed by atoms with Gasteiger partial charge in [0.05, 0.1) is 17.7 Å². The molecule has 0 aliphatic carbocycles. The number of hydrogen-bond acceptors (Lipinski definition) is 6. The molecule has 7 heteroatoms. The number of ketones is 1. The van der Waals surface area contributed by atoms with Crippen molar-refractivity contribution in [3.8, 4) is 5.75 Å². The Morgan fingerprint density at radius 1 is 1.12 bits per heavy atom. The largest absolute Gasteiger partial charge is 0.497 e. The number of Topliss-reactive ketones (excluding diaryl/α,β-unsaturated/α-hetero) is 1. The lowest BCUT2D eigenvalue weighted by Crippen LogP contribution is -2.39. The Morgan fingerprint density at radius 3 is 2.34 bits per heavy atom. The fourth-order valence-corrected chi connectivity index (χ4v) is 4.94. The summed E-state index contributed by atoms with van der Waals surface area (Å²) in [7, 11) is 5.58. The summed E-state index contributed by atoms with van der Waals surface area (Å²) < 4.78 is 7.48. The lowest BCUT2D eigenvalue weighted by molar-refractivity contribution is -0.114. The van der Waals surface area contributed by atoms with Crippen LogP contribution in [0.1, 0.15) is 31.0 Å². The van der Waals surface area contributed by atoms with Crippen molar-refractivity contribution < 1.29 is 9.53 Å². The van der Waals surface area contributed by atoms with Crippen LogP contribution in [0.15, 0.2) is 69.6 Å². The van der Waals surface area contributed by atoms with Gasteiger partial charge in [0.25, 0.3) is 5.56 Å². The third-order valence-corrected chi connectivity index (χ3v) is 6.52. The predicted molar refractivity (Wildman–Crippen MR) is 128 cm³/mol. The molecule has 2 aromatic carbocycles. The average molecular weight is 448 g/mol. The maximum Gasteiger partial charge on any atom is 0.271 e. The molecule has 0 unspecified atom stereocenters. The number of ether oxygens (including phenoxy) is 1. The normalized spacial score (nSPS) is 15.9. The van der Waals surface area contributed by atoms with Crippen LogP contribution in [-0.2, 0) is 4.79 Å². The summed E-state index contributed by atoms with van der Waals surface area (Å²) in [6, 6.07) is 14.9. The Balaban J connectivity index is 1.89. The molecule has 6 nitrogen and oxygen atoms in total. The molecule has 2 heterocycles. The molecule has 1 aliphatic heterocycles. The number of nitrogens with zero attached hydrogens (tertiary/aromatic N) is 3. The van der Waals surface area contributed by atoms with Gasteiger partial charge < -0.3 is 9.64 Å². The first kappa shape index (κ1) is 21.8. The van der Waals surface area contributed by atoms with E-state index in [0.29, 0.717) is 26.4 Å². The number of carbonyl (C=O) groups excluding carboxylic acids is 1. The number of rotatable bonds is 5. The van der Waals surface area contributed by atoms with Gasteiger partial charge in [0.2, 0.25) is 0 Å². The van der Waals surface area contributed by atoms with Gasteiger partial charge in [0.15, 0.2) is 10.6 Å². The lowest BCUT2D eigenvalue weighted by Gasteiger charge is -2.24. The fourth-order valence-electron chi connectivity index (χ4n) is 3.89. The molecule has 0 saturated heterocycles. The van der Waals surface area contributed by atoms with Gasteiger partial charge in [0, 0.05) is 31.1 Å². The zero-order chi connectivity index (χ0) is 23.0. The Morgan fingerprint density at radius 2 is 1.78 bits per heavy atom. The number of fused-ring (bicyclic) bond motifs is 1. The lowest BCUT2D eigenvalue weighted by atomic mass is 9.93.